The van der Waals surface area contributed by atoms with E-state index in [9.17, 15) is 0 Å². The minimum Gasteiger partial charge on any atom is -0.455 e. The van der Waals surface area contributed by atoms with Gasteiger partial charge in [0.25, 0.3) is 0 Å². The zero-order valence-corrected chi connectivity index (χ0v) is 38.0. The van der Waals surface area contributed by atoms with Crippen molar-refractivity contribution in [2.24, 2.45) is 0 Å². The minimum atomic E-state index is 0.151. The van der Waals surface area contributed by atoms with Gasteiger partial charge in [0.1, 0.15) is 11.5 Å². The number of ether oxygens (including phenoxy) is 1. The van der Waals surface area contributed by atoms with Crippen LogP contribution in [0.3, 0.4) is 0 Å². The van der Waals surface area contributed by atoms with E-state index in [2.05, 4.69) is 176 Å². The third-order valence-corrected chi connectivity index (χ3v) is 14.2. The molecule has 9 aromatic carbocycles. The van der Waals surface area contributed by atoms with Gasteiger partial charge in [-0.3, -0.25) is 0 Å². The van der Waals surface area contributed by atoms with Crippen molar-refractivity contribution in [3.05, 3.63) is 253 Å². The fraction of sp³-hybridized carbons (Fsp3) is 0.0159. The Balaban J connectivity index is 1.000. The molecule has 5 nitrogen and oxygen atoms in total. The summed E-state index contributed by atoms with van der Waals surface area (Å²) in [6.07, 6.45) is 0. The standard InChI is InChI=1S/C63H40N4OS/c1-5-17-40(18-6-1)53-38-55(66-63(65-53)46-30-33-50-51(36-46)48-25-13-14-26-49(48)61(50)42-21-9-3-10-22-42)45-29-32-47(44-31-34-60-58(37-44)68-57-27-15-16-28-59(57)69-60)52(35-45)56-39-54(41-19-7-2-8-20-41)64-62(67-56)43-23-11-4-12-24-43/h1-39,61H/t61-/m0/s1. The molecule has 324 valence electrons. The highest BCUT2D eigenvalue weighted by atomic mass is 32.2. The number of hydrogen-bond acceptors (Lipinski definition) is 6. The van der Waals surface area contributed by atoms with Gasteiger partial charge in [0, 0.05) is 39.3 Å². The van der Waals surface area contributed by atoms with Crippen LogP contribution in [0.25, 0.3) is 90.1 Å². The van der Waals surface area contributed by atoms with Crippen LogP contribution in [-0.2, 0) is 0 Å². The third kappa shape index (κ3) is 7.57. The highest BCUT2D eigenvalue weighted by Gasteiger charge is 2.30. The van der Waals surface area contributed by atoms with Crippen molar-refractivity contribution in [2.45, 2.75) is 15.7 Å². The molecule has 0 N–H and O–H groups in total. The van der Waals surface area contributed by atoms with Crippen LogP contribution in [0.4, 0.5) is 0 Å². The molecule has 0 radical (unpaired) electrons. The van der Waals surface area contributed by atoms with Crippen molar-refractivity contribution in [1.29, 1.82) is 0 Å². The SMILES string of the molecule is c1ccc(-c2cc(-c3ccc(-c4ccc5c(c4)Oc4ccccc4S5)c(-c4cc(-c5ccccc5)nc(-c5ccccc5)n4)c3)nc(-c3ccc4c(c3)-c3ccccc3[C@@H]4c3ccccc3)n2)cc1. The van der Waals surface area contributed by atoms with Crippen LogP contribution >= 0.6 is 11.8 Å². The first-order chi connectivity index (χ1) is 34.2. The van der Waals surface area contributed by atoms with Crippen LogP contribution in [0.1, 0.15) is 22.6 Å². The quantitative estimate of drug-likeness (QED) is 0.151. The summed E-state index contributed by atoms with van der Waals surface area (Å²) >= 11 is 1.73. The molecule has 0 bridgehead atoms. The van der Waals surface area contributed by atoms with Gasteiger partial charge in [-0.25, -0.2) is 19.9 Å². The third-order valence-electron chi connectivity index (χ3n) is 13.1. The predicted octanol–water partition coefficient (Wildman–Crippen LogP) is 16.4. The summed E-state index contributed by atoms with van der Waals surface area (Å²) in [7, 11) is 0. The van der Waals surface area contributed by atoms with Gasteiger partial charge >= 0.3 is 0 Å². The highest BCUT2D eigenvalue weighted by Crippen LogP contribution is 2.51. The van der Waals surface area contributed by atoms with E-state index < -0.39 is 0 Å². The molecule has 6 heteroatoms. The molecule has 0 unspecified atom stereocenters. The van der Waals surface area contributed by atoms with E-state index in [-0.39, 0.29) is 5.92 Å². The summed E-state index contributed by atoms with van der Waals surface area (Å²) in [4.78, 5) is 23.4. The van der Waals surface area contributed by atoms with E-state index in [4.69, 9.17) is 24.7 Å². The Bertz CT molecular complexity index is 3670. The Kier molecular flexibility index (Phi) is 10.1. The molecule has 2 aromatic heterocycles. The fourth-order valence-corrected chi connectivity index (χ4v) is 10.7. The number of hydrogen-bond donors (Lipinski definition) is 0. The smallest absolute Gasteiger partial charge is 0.160 e. The molecule has 1 aliphatic carbocycles. The fourth-order valence-electron chi connectivity index (χ4n) is 9.75. The molecular weight excluding hydrogens is 861 g/mol. The summed E-state index contributed by atoms with van der Waals surface area (Å²) in [5, 5.41) is 0. The summed E-state index contributed by atoms with van der Waals surface area (Å²) < 4.78 is 6.55. The summed E-state index contributed by atoms with van der Waals surface area (Å²) in [6.45, 7) is 0. The van der Waals surface area contributed by atoms with Crippen molar-refractivity contribution in [3.8, 4) is 102 Å². The summed E-state index contributed by atoms with van der Waals surface area (Å²) in [6, 6.07) is 82.7. The predicted molar refractivity (Wildman–Crippen MR) is 279 cm³/mol. The zero-order chi connectivity index (χ0) is 45.7. The maximum absolute atomic E-state index is 6.55. The van der Waals surface area contributed by atoms with E-state index in [0.29, 0.717) is 11.6 Å². The van der Waals surface area contributed by atoms with Gasteiger partial charge in [-0.05, 0) is 87.5 Å². The van der Waals surface area contributed by atoms with E-state index >= 15 is 0 Å². The van der Waals surface area contributed by atoms with Crippen molar-refractivity contribution in [3.63, 3.8) is 0 Å². The van der Waals surface area contributed by atoms with Crippen molar-refractivity contribution in [2.75, 3.05) is 0 Å². The number of rotatable bonds is 8. The number of para-hydroxylation sites is 1. The molecule has 69 heavy (non-hydrogen) atoms. The maximum Gasteiger partial charge on any atom is 0.160 e. The van der Waals surface area contributed by atoms with Crippen LogP contribution in [-0.4, -0.2) is 19.9 Å². The van der Waals surface area contributed by atoms with Crippen molar-refractivity contribution < 1.29 is 4.74 Å². The van der Waals surface area contributed by atoms with Gasteiger partial charge in [0.2, 0.25) is 0 Å². The average molecular weight is 901 g/mol. The van der Waals surface area contributed by atoms with E-state index in [0.717, 1.165) is 88.6 Å². The van der Waals surface area contributed by atoms with Crippen molar-refractivity contribution in [1.82, 2.24) is 19.9 Å². The Hall–Kier alpha value is -8.71. The zero-order valence-electron chi connectivity index (χ0n) is 37.2. The first-order valence-corrected chi connectivity index (χ1v) is 24.0. The van der Waals surface area contributed by atoms with Gasteiger partial charge in [0.15, 0.2) is 11.6 Å². The molecule has 1 atom stereocenters. The minimum absolute atomic E-state index is 0.151. The summed E-state index contributed by atoms with van der Waals surface area (Å²) in [5.41, 5.74) is 17.4. The number of fused-ring (bicyclic) bond motifs is 5. The van der Waals surface area contributed by atoms with Gasteiger partial charge in [-0.1, -0.05) is 200 Å². The molecule has 13 rings (SSSR count). The molecule has 3 heterocycles. The molecule has 0 amide bonds. The van der Waals surface area contributed by atoms with Crippen LogP contribution in [0.5, 0.6) is 11.5 Å². The molecule has 0 saturated heterocycles. The van der Waals surface area contributed by atoms with E-state index in [1.165, 1.54) is 27.8 Å². The van der Waals surface area contributed by atoms with Crippen LogP contribution < -0.4 is 4.74 Å². The van der Waals surface area contributed by atoms with E-state index in [1.807, 2.05) is 60.7 Å². The molecule has 0 spiro atoms. The number of nitrogens with zero attached hydrogens (tertiary/aromatic N) is 4. The first kappa shape index (κ1) is 40.6. The highest BCUT2D eigenvalue weighted by molar-refractivity contribution is 7.99. The average Bonchev–Trinajstić information content (AvgIpc) is 3.76. The second-order valence-electron chi connectivity index (χ2n) is 17.3. The van der Waals surface area contributed by atoms with Crippen molar-refractivity contribution >= 4 is 11.8 Å². The second kappa shape index (κ2) is 17.2. The molecular formula is C63H40N4OS. The molecule has 0 saturated carbocycles. The van der Waals surface area contributed by atoms with Gasteiger partial charge in [-0.15, -0.1) is 0 Å². The second-order valence-corrected chi connectivity index (χ2v) is 18.4. The Labute approximate surface area is 404 Å². The lowest BCUT2D eigenvalue weighted by atomic mass is 9.89. The van der Waals surface area contributed by atoms with Gasteiger partial charge < -0.3 is 4.74 Å². The molecule has 0 fully saturated rings. The Morgan fingerprint density at radius 3 is 1.57 bits per heavy atom. The normalized spacial score (nSPS) is 13.1. The van der Waals surface area contributed by atoms with Crippen LogP contribution in [0.15, 0.2) is 246 Å². The van der Waals surface area contributed by atoms with Gasteiger partial charge in [-0.2, -0.15) is 0 Å². The largest absolute Gasteiger partial charge is 0.455 e. The van der Waals surface area contributed by atoms with Crippen LogP contribution in [0.2, 0.25) is 0 Å². The lowest BCUT2D eigenvalue weighted by molar-refractivity contribution is 0.455. The maximum atomic E-state index is 6.55. The Morgan fingerprint density at radius 2 is 0.826 bits per heavy atom. The Morgan fingerprint density at radius 1 is 0.304 bits per heavy atom. The van der Waals surface area contributed by atoms with Crippen LogP contribution in [0, 0.1) is 0 Å². The number of benzene rings is 9. The van der Waals surface area contributed by atoms with Gasteiger partial charge in [0.05, 0.1) is 32.6 Å². The lowest BCUT2D eigenvalue weighted by Gasteiger charge is -2.21. The molecule has 11 aromatic rings. The first-order valence-electron chi connectivity index (χ1n) is 23.1. The molecule has 1 aliphatic heterocycles. The summed E-state index contributed by atoms with van der Waals surface area (Å²) in [5.74, 6) is 3.14. The molecule has 2 aliphatic rings. The number of aromatic nitrogens is 4. The topological polar surface area (TPSA) is 60.8 Å². The monoisotopic (exact) mass is 900 g/mol. The lowest BCUT2D eigenvalue weighted by Crippen LogP contribution is -2.00. The van der Waals surface area contributed by atoms with E-state index in [1.54, 1.807) is 11.8 Å².